The molecule has 3 nitrogen and oxygen atoms in total. The van der Waals surface area contributed by atoms with Crippen molar-refractivity contribution in [3.63, 3.8) is 0 Å². The second-order valence-corrected chi connectivity index (χ2v) is 11.4. The lowest BCUT2D eigenvalue weighted by molar-refractivity contribution is -0.202. The highest BCUT2D eigenvalue weighted by Crippen LogP contribution is 2.58. The maximum absolute atomic E-state index is 13.6. The minimum absolute atomic E-state index is 0.0203. The number of hydrogen-bond acceptors (Lipinski definition) is 2. The quantitative estimate of drug-likeness (QED) is 0.225. The third-order valence-electron chi connectivity index (χ3n) is 7.85. The molecule has 0 spiro atoms. The van der Waals surface area contributed by atoms with Crippen LogP contribution in [-0.2, 0) is 16.5 Å². The van der Waals surface area contributed by atoms with Crippen molar-refractivity contribution in [3.8, 4) is 22.3 Å². The van der Waals surface area contributed by atoms with Gasteiger partial charge in [0.15, 0.2) is 0 Å². The molecule has 0 aliphatic heterocycles. The van der Waals surface area contributed by atoms with Gasteiger partial charge in [0.1, 0.15) is 0 Å². The summed E-state index contributed by atoms with van der Waals surface area (Å²) in [7, 11) is -6.10. The van der Waals surface area contributed by atoms with Gasteiger partial charge in [0.2, 0.25) is 0 Å². The van der Waals surface area contributed by atoms with Crippen LogP contribution in [0, 0.1) is 17.8 Å². The Labute approximate surface area is 207 Å². The van der Waals surface area contributed by atoms with Crippen LogP contribution in [0.3, 0.4) is 0 Å². The highest BCUT2D eigenvalue weighted by molar-refractivity contribution is 7.87. The number of hydrogen-bond donors (Lipinski definition) is 1. The third-order valence-corrected chi connectivity index (χ3v) is 8.77. The monoisotopic (exact) mass is 518 g/mol. The summed E-state index contributed by atoms with van der Waals surface area (Å²) in [6.45, 7) is 0. The molecular formula is C28H26F4O3S. The Morgan fingerprint density at radius 1 is 0.750 bits per heavy atom. The lowest BCUT2D eigenvalue weighted by atomic mass is 9.84. The molecule has 8 heteroatoms. The van der Waals surface area contributed by atoms with Gasteiger partial charge in [-0.25, -0.2) is 0 Å². The van der Waals surface area contributed by atoms with Crippen molar-refractivity contribution in [2.75, 3.05) is 0 Å². The molecule has 0 heterocycles. The largest absolute Gasteiger partial charge is 0.431 e. The molecule has 3 atom stereocenters. The molecule has 2 saturated carbocycles. The van der Waals surface area contributed by atoms with Gasteiger partial charge in [0.05, 0.1) is 0 Å². The summed E-state index contributed by atoms with van der Waals surface area (Å²) in [5.41, 5.74) is 8.39. The molecule has 36 heavy (non-hydrogen) atoms. The zero-order valence-corrected chi connectivity index (χ0v) is 20.2. The number of fused-ring (bicyclic) bond motifs is 5. The van der Waals surface area contributed by atoms with E-state index < -0.39 is 33.1 Å². The standard InChI is InChI=1S/C19H14.C9H12F4O3S/c1-2-7-14(8-3-1)16-11-6-12-18-17-10-5-4-9-15(17)13-19(16)18;10-8(11,9(12,13)17(14,15)16)7-4-5-1-2-6(7)3-5/h1-12H,13H2;5-7H,1-4H2,(H,14,15,16). The maximum atomic E-state index is 13.6. The van der Waals surface area contributed by atoms with Crippen molar-refractivity contribution in [3.05, 3.63) is 83.9 Å². The van der Waals surface area contributed by atoms with Crippen LogP contribution < -0.4 is 0 Å². The predicted octanol–water partition coefficient (Wildman–Crippen LogP) is 7.46. The lowest BCUT2D eigenvalue weighted by Gasteiger charge is -2.33. The molecule has 3 aliphatic carbocycles. The SMILES string of the molecule is O=S(=O)(O)C(F)(F)C(F)(F)C1CC2CCC1C2.c1ccc(-c2cccc3c2Cc2ccccc2-3)cc1. The minimum Gasteiger partial charge on any atom is -0.281 e. The molecule has 3 aromatic rings. The van der Waals surface area contributed by atoms with Gasteiger partial charge in [0, 0.05) is 5.92 Å². The Morgan fingerprint density at radius 3 is 2.03 bits per heavy atom. The summed E-state index contributed by atoms with van der Waals surface area (Å²) in [5, 5.41) is -5.41. The van der Waals surface area contributed by atoms with Crippen LogP contribution in [0.5, 0.6) is 0 Å². The van der Waals surface area contributed by atoms with Crippen molar-refractivity contribution >= 4 is 10.1 Å². The van der Waals surface area contributed by atoms with Crippen LogP contribution in [0.2, 0.25) is 0 Å². The fraction of sp³-hybridized carbons (Fsp3) is 0.357. The summed E-state index contributed by atoms with van der Waals surface area (Å²) < 4.78 is 82.4. The average Bonchev–Trinajstić information content (AvgIpc) is 3.58. The first-order valence-corrected chi connectivity index (χ1v) is 13.4. The van der Waals surface area contributed by atoms with Crippen molar-refractivity contribution in [1.29, 1.82) is 0 Å². The van der Waals surface area contributed by atoms with Gasteiger partial charge in [-0.3, -0.25) is 4.55 Å². The minimum atomic E-state index is -6.10. The van der Waals surface area contributed by atoms with E-state index in [1.165, 1.54) is 33.4 Å². The summed E-state index contributed by atoms with van der Waals surface area (Å²) in [5.74, 6) is -6.95. The molecule has 2 fully saturated rings. The first-order chi connectivity index (χ1) is 17.0. The van der Waals surface area contributed by atoms with Gasteiger partial charge in [-0.05, 0) is 70.9 Å². The van der Waals surface area contributed by atoms with Gasteiger partial charge < -0.3 is 0 Å². The van der Waals surface area contributed by atoms with Crippen LogP contribution in [0.4, 0.5) is 17.6 Å². The lowest BCUT2D eigenvalue weighted by Crippen LogP contribution is -2.52. The zero-order valence-electron chi connectivity index (χ0n) is 19.4. The smallest absolute Gasteiger partial charge is 0.281 e. The van der Waals surface area contributed by atoms with Gasteiger partial charge in [0.25, 0.3) is 0 Å². The third kappa shape index (κ3) is 4.14. The van der Waals surface area contributed by atoms with Crippen molar-refractivity contribution < 1.29 is 30.5 Å². The molecule has 1 N–H and O–H groups in total. The Balaban J connectivity index is 0.000000149. The summed E-state index contributed by atoms with van der Waals surface area (Å²) in [4.78, 5) is 0. The molecule has 0 aromatic heterocycles. The van der Waals surface area contributed by atoms with Crippen molar-refractivity contribution in [2.45, 2.75) is 43.3 Å². The Kier molecular flexibility index (Phi) is 6.24. The topological polar surface area (TPSA) is 54.4 Å². The first kappa shape index (κ1) is 25.0. The molecule has 6 rings (SSSR count). The molecule has 3 unspecified atom stereocenters. The van der Waals surface area contributed by atoms with Gasteiger partial charge in [-0.15, -0.1) is 0 Å². The second kappa shape index (κ2) is 8.99. The van der Waals surface area contributed by atoms with Gasteiger partial charge in [-0.1, -0.05) is 79.2 Å². The van der Waals surface area contributed by atoms with Crippen LogP contribution >= 0.6 is 0 Å². The van der Waals surface area contributed by atoms with E-state index in [4.69, 9.17) is 4.55 Å². The molecular weight excluding hydrogens is 492 g/mol. The normalized spacial score (nSPS) is 22.5. The Bertz CT molecular complexity index is 1370. The Hall–Kier alpha value is -2.71. The number of rotatable bonds is 4. The van der Waals surface area contributed by atoms with E-state index in [2.05, 4.69) is 72.8 Å². The van der Waals surface area contributed by atoms with Gasteiger partial charge >= 0.3 is 21.3 Å². The highest BCUT2D eigenvalue weighted by atomic mass is 32.2. The second-order valence-electron chi connectivity index (χ2n) is 9.93. The van der Waals surface area contributed by atoms with E-state index in [9.17, 15) is 26.0 Å². The van der Waals surface area contributed by atoms with Crippen molar-refractivity contribution in [1.82, 2.24) is 0 Å². The maximum Gasteiger partial charge on any atom is 0.431 e. The molecule has 2 bridgehead atoms. The summed E-state index contributed by atoms with van der Waals surface area (Å²) in [6, 6.07) is 26.1. The summed E-state index contributed by atoms with van der Waals surface area (Å²) >= 11 is 0. The summed E-state index contributed by atoms with van der Waals surface area (Å²) in [6.07, 6.45) is 2.56. The zero-order chi connectivity index (χ0) is 25.7. The average molecular weight is 519 g/mol. The highest BCUT2D eigenvalue weighted by Gasteiger charge is 2.71. The van der Waals surface area contributed by atoms with Crippen molar-refractivity contribution in [2.24, 2.45) is 17.8 Å². The first-order valence-electron chi connectivity index (χ1n) is 12.0. The van der Waals surface area contributed by atoms with E-state index in [1.54, 1.807) is 0 Å². The molecule has 3 aliphatic rings. The van der Waals surface area contributed by atoms with E-state index in [0.29, 0.717) is 12.8 Å². The van der Waals surface area contributed by atoms with E-state index in [1.807, 2.05) is 0 Å². The van der Waals surface area contributed by atoms with Crippen LogP contribution in [0.25, 0.3) is 22.3 Å². The molecule has 190 valence electrons. The van der Waals surface area contributed by atoms with Crippen LogP contribution in [0.1, 0.15) is 36.8 Å². The molecule has 0 saturated heterocycles. The number of alkyl halides is 4. The Morgan fingerprint density at radius 2 is 1.39 bits per heavy atom. The molecule has 0 radical (unpaired) electrons. The van der Waals surface area contributed by atoms with E-state index in [-0.39, 0.29) is 12.3 Å². The van der Waals surface area contributed by atoms with Crippen LogP contribution in [-0.4, -0.2) is 24.1 Å². The predicted molar refractivity (Wildman–Crippen MR) is 131 cm³/mol. The number of benzene rings is 3. The number of halogens is 4. The van der Waals surface area contributed by atoms with E-state index >= 15 is 0 Å². The fourth-order valence-electron chi connectivity index (χ4n) is 6.12. The fourth-order valence-corrected chi connectivity index (χ4v) is 6.62. The van der Waals surface area contributed by atoms with Crippen LogP contribution in [0.15, 0.2) is 72.8 Å². The molecule has 3 aromatic carbocycles. The molecule has 0 amide bonds. The van der Waals surface area contributed by atoms with E-state index in [0.717, 1.165) is 12.8 Å². The van der Waals surface area contributed by atoms with Gasteiger partial charge in [-0.2, -0.15) is 26.0 Å².